The number of H-pyrrole nitrogens is 2. The molecule has 7 nitrogen and oxygen atoms in total. The molecule has 0 spiro atoms. The second-order valence-electron chi connectivity index (χ2n) is 7.21. The van der Waals surface area contributed by atoms with E-state index in [1.165, 1.54) is 17.8 Å². The summed E-state index contributed by atoms with van der Waals surface area (Å²) in [6.07, 6.45) is -3.07. The van der Waals surface area contributed by atoms with E-state index in [0.29, 0.717) is 36.0 Å². The standard InChI is InChI=1S/C19H16ClF4N5O2/c1-9(11-3-2-10(21)6-13(11)19(22,23)24)29-14-4-5-28(8-12(14)17(30)27-29)15-7-25-26-18(31)16(15)20/h2-3,6-7,9H,4-5,8H2,1H3,(H,26,31)(H,27,30)/t9-/m0/s1. The van der Waals surface area contributed by atoms with E-state index in [9.17, 15) is 27.2 Å². The zero-order valence-corrected chi connectivity index (χ0v) is 16.8. The van der Waals surface area contributed by atoms with Gasteiger partial charge in [-0.3, -0.25) is 19.4 Å². The van der Waals surface area contributed by atoms with Gasteiger partial charge >= 0.3 is 6.18 Å². The van der Waals surface area contributed by atoms with E-state index in [1.54, 1.807) is 4.90 Å². The van der Waals surface area contributed by atoms with Gasteiger partial charge in [-0.15, -0.1) is 0 Å². The van der Waals surface area contributed by atoms with Crippen LogP contribution in [-0.2, 0) is 19.1 Å². The van der Waals surface area contributed by atoms with Crippen LogP contribution in [-0.4, -0.2) is 26.5 Å². The molecule has 0 amide bonds. The second kappa shape index (κ2) is 7.56. The lowest BCUT2D eigenvalue weighted by Crippen LogP contribution is -2.34. The number of hydrogen-bond acceptors (Lipinski definition) is 4. The molecule has 0 saturated heterocycles. The minimum absolute atomic E-state index is 0.0659. The summed E-state index contributed by atoms with van der Waals surface area (Å²) in [5, 5.41) is 8.47. The molecule has 2 N–H and O–H groups in total. The minimum Gasteiger partial charge on any atom is -0.364 e. The third kappa shape index (κ3) is 3.73. The summed E-state index contributed by atoms with van der Waals surface area (Å²) in [6, 6.07) is 1.58. The van der Waals surface area contributed by atoms with Crippen LogP contribution in [0.15, 0.2) is 34.0 Å². The van der Waals surface area contributed by atoms with Gasteiger partial charge in [-0.2, -0.15) is 18.3 Å². The van der Waals surface area contributed by atoms with Gasteiger partial charge in [0, 0.05) is 18.7 Å². The van der Waals surface area contributed by atoms with E-state index >= 15 is 0 Å². The van der Waals surface area contributed by atoms with Crippen LogP contribution in [0.2, 0.25) is 5.02 Å². The third-order valence-corrected chi connectivity index (χ3v) is 5.74. The van der Waals surface area contributed by atoms with E-state index in [-0.39, 0.29) is 17.1 Å². The van der Waals surface area contributed by atoms with Gasteiger partial charge in [-0.05, 0) is 24.6 Å². The van der Waals surface area contributed by atoms with Gasteiger partial charge in [0.15, 0.2) is 0 Å². The molecule has 1 aliphatic rings. The van der Waals surface area contributed by atoms with Crippen LogP contribution in [0.25, 0.3) is 0 Å². The highest BCUT2D eigenvalue weighted by Crippen LogP contribution is 2.37. The maximum Gasteiger partial charge on any atom is 0.416 e. The first kappa shape index (κ1) is 21.2. The summed E-state index contributed by atoms with van der Waals surface area (Å²) in [7, 11) is 0. The fourth-order valence-electron chi connectivity index (χ4n) is 3.87. The van der Waals surface area contributed by atoms with Crippen molar-refractivity contribution in [3.05, 3.63) is 78.3 Å². The first-order chi connectivity index (χ1) is 14.6. The number of hydrogen-bond donors (Lipinski definition) is 2. The molecule has 3 aromatic rings. The van der Waals surface area contributed by atoms with Crippen LogP contribution < -0.4 is 16.0 Å². The summed E-state index contributed by atoms with van der Waals surface area (Å²) in [6.45, 7) is 1.96. The molecule has 164 valence electrons. The smallest absolute Gasteiger partial charge is 0.364 e. The number of aromatic amines is 2. The Morgan fingerprint density at radius 3 is 2.68 bits per heavy atom. The number of alkyl halides is 3. The molecular weight excluding hydrogens is 442 g/mol. The maximum atomic E-state index is 13.5. The Morgan fingerprint density at radius 2 is 1.97 bits per heavy atom. The Kier molecular flexibility index (Phi) is 5.16. The Hall–Kier alpha value is -3.08. The van der Waals surface area contributed by atoms with Crippen molar-refractivity contribution < 1.29 is 17.6 Å². The summed E-state index contributed by atoms with van der Waals surface area (Å²) in [5.41, 5.74) is -1.04. The topological polar surface area (TPSA) is 86.8 Å². The van der Waals surface area contributed by atoms with Gasteiger partial charge < -0.3 is 4.90 Å². The van der Waals surface area contributed by atoms with Crippen molar-refractivity contribution in [2.24, 2.45) is 0 Å². The normalized spacial score (nSPS) is 15.1. The molecule has 1 aliphatic heterocycles. The molecule has 31 heavy (non-hydrogen) atoms. The number of benzene rings is 1. The fraction of sp³-hybridized carbons (Fsp3) is 0.316. The Balaban J connectivity index is 1.73. The number of anilines is 1. The average molecular weight is 458 g/mol. The van der Waals surface area contributed by atoms with Crippen LogP contribution in [0.3, 0.4) is 0 Å². The molecule has 0 unspecified atom stereocenters. The van der Waals surface area contributed by atoms with Gasteiger partial charge in [0.1, 0.15) is 10.8 Å². The summed E-state index contributed by atoms with van der Waals surface area (Å²) in [5.74, 6) is -0.995. The summed E-state index contributed by atoms with van der Waals surface area (Å²) < 4.78 is 55.2. The van der Waals surface area contributed by atoms with Gasteiger partial charge in [0.05, 0.1) is 35.6 Å². The van der Waals surface area contributed by atoms with Crippen LogP contribution in [0.4, 0.5) is 23.2 Å². The van der Waals surface area contributed by atoms with Crippen molar-refractivity contribution in [2.75, 3.05) is 11.4 Å². The van der Waals surface area contributed by atoms with Crippen molar-refractivity contribution in [1.82, 2.24) is 20.0 Å². The Labute approximate surface area is 177 Å². The number of aromatic nitrogens is 4. The van der Waals surface area contributed by atoms with Gasteiger partial charge in [-0.1, -0.05) is 17.7 Å². The SMILES string of the molecule is C[C@@H](c1ccc(F)cc1C(F)(F)F)n1[nH]c(=O)c2c1CCN(c1cn[nH]c(=O)c1Cl)C2. The van der Waals surface area contributed by atoms with Crippen LogP contribution in [0.5, 0.6) is 0 Å². The quantitative estimate of drug-likeness (QED) is 0.591. The van der Waals surface area contributed by atoms with E-state index in [0.717, 1.165) is 12.1 Å². The molecule has 4 rings (SSSR count). The zero-order valence-electron chi connectivity index (χ0n) is 16.1. The number of nitrogens with zero attached hydrogens (tertiary/aromatic N) is 3. The third-order valence-electron chi connectivity index (χ3n) is 5.38. The van der Waals surface area contributed by atoms with Gasteiger partial charge in [0.2, 0.25) is 0 Å². The predicted octanol–water partition coefficient (Wildman–Crippen LogP) is 3.24. The molecule has 0 aliphatic carbocycles. The highest BCUT2D eigenvalue weighted by molar-refractivity contribution is 6.33. The van der Waals surface area contributed by atoms with Crippen molar-refractivity contribution >= 4 is 17.3 Å². The molecule has 0 fully saturated rings. The highest BCUT2D eigenvalue weighted by Gasteiger charge is 2.36. The summed E-state index contributed by atoms with van der Waals surface area (Å²) >= 11 is 6.05. The first-order valence-electron chi connectivity index (χ1n) is 9.25. The van der Waals surface area contributed by atoms with E-state index in [4.69, 9.17) is 11.6 Å². The van der Waals surface area contributed by atoms with Crippen LogP contribution in [0, 0.1) is 5.82 Å². The highest BCUT2D eigenvalue weighted by atomic mass is 35.5. The lowest BCUT2D eigenvalue weighted by atomic mass is 9.99. The number of halogens is 5. The first-order valence-corrected chi connectivity index (χ1v) is 9.62. The lowest BCUT2D eigenvalue weighted by molar-refractivity contribution is -0.138. The number of nitrogens with one attached hydrogen (secondary N) is 2. The summed E-state index contributed by atoms with van der Waals surface area (Å²) in [4.78, 5) is 26.0. The number of fused-ring (bicyclic) bond motifs is 1. The van der Waals surface area contributed by atoms with E-state index < -0.39 is 34.7 Å². The Morgan fingerprint density at radius 1 is 1.23 bits per heavy atom. The second-order valence-corrected chi connectivity index (χ2v) is 7.59. The number of rotatable bonds is 3. The van der Waals surface area contributed by atoms with Crippen molar-refractivity contribution in [3.63, 3.8) is 0 Å². The molecule has 0 saturated carbocycles. The van der Waals surface area contributed by atoms with Crippen molar-refractivity contribution in [3.8, 4) is 0 Å². The van der Waals surface area contributed by atoms with Crippen molar-refractivity contribution in [2.45, 2.75) is 32.1 Å². The molecule has 1 atom stereocenters. The molecule has 3 heterocycles. The van der Waals surface area contributed by atoms with Crippen LogP contribution in [0.1, 0.15) is 35.3 Å². The predicted molar refractivity (Wildman–Crippen MR) is 105 cm³/mol. The fourth-order valence-corrected chi connectivity index (χ4v) is 4.08. The molecule has 2 aromatic heterocycles. The molecular formula is C19H16ClF4N5O2. The zero-order chi connectivity index (χ0) is 22.5. The maximum absolute atomic E-state index is 13.5. The van der Waals surface area contributed by atoms with E-state index in [2.05, 4.69) is 15.3 Å². The van der Waals surface area contributed by atoms with E-state index in [1.807, 2.05) is 0 Å². The molecule has 0 radical (unpaired) electrons. The van der Waals surface area contributed by atoms with Gasteiger partial charge in [-0.25, -0.2) is 9.49 Å². The lowest BCUT2D eigenvalue weighted by Gasteiger charge is -2.30. The molecule has 12 heteroatoms. The van der Waals surface area contributed by atoms with Crippen LogP contribution >= 0.6 is 11.6 Å². The largest absolute Gasteiger partial charge is 0.416 e. The average Bonchev–Trinajstić information content (AvgIpc) is 3.05. The Bertz CT molecular complexity index is 1260. The monoisotopic (exact) mass is 457 g/mol. The van der Waals surface area contributed by atoms with Gasteiger partial charge in [0.25, 0.3) is 11.1 Å². The van der Waals surface area contributed by atoms with Crippen molar-refractivity contribution in [1.29, 1.82) is 0 Å². The molecule has 1 aromatic carbocycles. The minimum atomic E-state index is -4.75. The molecule has 0 bridgehead atoms.